The first kappa shape index (κ1) is 25.1. The number of nitrogens with zero attached hydrogens (tertiary/aromatic N) is 2. The number of hydrogen-bond acceptors (Lipinski definition) is 3. The predicted octanol–water partition coefficient (Wildman–Crippen LogP) is 5.69. The van der Waals surface area contributed by atoms with Crippen LogP contribution in [0, 0.1) is 0 Å². The van der Waals surface area contributed by atoms with Gasteiger partial charge in [0.1, 0.15) is 17.8 Å². The first-order valence-corrected chi connectivity index (χ1v) is 14.1. The first-order valence-electron chi connectivity index (χ1n) is 14.1. The molecule has 0 unspecified atom stereocenters. The van der Waals surface area contributed by atoms with Crippen molar-refractivity contribution in [3.05, 3.63) is 137 Å². The van der Waals surface area contributed by atoms with E-state index in [0.29, 0.717) is 18.7 Å². The maximum Gasteiger partial charge on any atom is 0.246 e. The average Bonchev–Trinajstić information content (AvgIpc) is 3.40. The summed E-state index contributed by atoms with van der Waals surface area (Å²) >= 11 is 0. The summed E-state index contributed by atoms with van der Waals surface area (Å²) in [4.78, 5) is 35.7. The third-order valence-corrected chi connectivity index (χ3v) is 8.58. The number of fused-ring (bicyclic) bond motifs is 4. The number of para-hydroxylation sites is 2. The van der Waals surface area contributed by atoms with Crippen LogP contribution in [-0.2, 0) is 16.0 Å². The summed E-state index contributed by atoms with van der Waals surface area (Å²) in [5.74, 6) is 0.573. The van der Waals surface area contributed by atoms with Crippen molar-refractivity contribution in [2.75, 3.05) is 20.2 Å². The van der Waals surface area contributed by atoms with Crippen LogP contribution >= 0.6 is 0 Å². The smallest absolute Gasteiger partial charge is 0.246 e. The van der Waals surface area contributed by atoms with Gasteiger partial charge in [0.2, 0.25) is 11.8 Å². The number of nitrogens with one attached hydrogen (secondary N) is 1. The van der Waals surface area contributed by atoms with E-state index in [1.54, 1.807) is 16.9 Å². The highest BCUT2D eigenvalue weighted by molar-refractivity contribution is 5.97. The van der Waals surface area contributed by atoms with Crippen LogP contribution in [0.15, 0.2) is 109 Å². The number of H-pyrrole nitrogens is 1. The van der Waals surface area contributed by atoms with E-state index in [0.717, 1.165) is 38.9 Å². The van der Waals surface area contributed by atoms with E-state index >= 15 is 0 Å². The molecule has 0 aliphatic carbocycles. The van der Waals surface area contributed by atoms with Crippen molar-refractivity contribution in [3.8, 4) is 5.75 Å². The number of aromatic nitrogens is 1. The van der Waals surface area contributed by atoms with E-state index in [-0.39, 0.29) is 24.3 Å². The van der Waals surface area contributed by atoms with Crippen LogP contribution in [0.1, 0.15) is 39.9 Å². The Balaban J connectivity index is 1.31. The van der Waals surface area contributed by atoms with Crippen LogP contribution in [0.2, 0.25) is 0 Å². The van der Waals surface area contributed by atoms with Crippen molar-refractivity contribution in [1.29, 1.82) is 0 Å². The zero-order valence-electron chi connectivity index (χ0n) is 22.9. The zero-order chi connectivity index (χ0) is 27.9. The van der Waals surface area contributed by atoms with Gasteiger partial charge in [-0.25, -0.2) is 0 Å². The highest BCUT2D eigenvalue weighted by Crippen LogP contribution is 2.45. The molecule has 1 N–H and O–H groups in total. The van der Waals surface area contributed by atoms with Crippen molar-refractivity contribution in [1.82, 2.24) is 14.8 Å². The normalized spacial score (nSPS) is 18.5. The minimum absolute atomic E-state index is 0.0164. The Bertz CT molecular complexity index is 1690. The molecule has 6 nitrogen and oxygen atoms in total. The lowest BCUT2D eigenvalue weighted by Gasteiger charge is -2.47. The van der Waals surface area contributed by atoms with Crippen molar-refractivity contribution < 1.29 is 14.3 Å². The molecule has 2 amide bonds. The SMILES string of the molecule is COc1ccccc1[C@@H]1c2[nH]c3ccccc3c2C[C@H]2C(=O)N(CC(c3ccccc3)c3ccccc3)CC(=O)N12. The molecule has 1 aromatic heterocycles. The van der Waals surface area contributed by atoms with E-state index in [1.165, 1.54) is 0 Å². The summed E-state index contributed by atoms with van der Waals surface area (Å²) < 4.78 is 5.75. The number of amides is 2. The minimum Gasteiger partial charge on any atom is -0.496 e. The Morgan fingerprint density at radius 3 is 2.17 bits per heavy atom. The van der Waals surface area contributed by atoms with Crippen LogP contribution in [0.3, 0.4) is 0 Å². The average molecular weight is 542 g/mol. The number of carbonyl (C=O) groups excluding carboxylic acids is 2. The molecule has 0 saturated carbocycles. The molecule has 1 fully saturated rings. The molecule has 6 heteroatoms. The van der Waals surface area contributed by atoms with Gasteiger partial charge in [-0.2, -0.15) is 0 Å². The van der Waals surface area contributed by atoms with Crippen LogP contribution in [0.4, 0.5) is 0 Å². The second-order valence-corrected chi connectivity index (χ2v) is 10.8. The van der Waals surface area contributed by atoms with Crippen molar-refractivity contribution >= 4 is 22.7 Å². The molecular weight excluding hydrogens is 510 g/mol. The minimum atomic E-state index is -0.606. The van der Waals surface area contributed by atoms with Gasteiger partial charge >= 0.3 is 0 Å². The van der Waals surface area contributed by atoms with Gasteiger partial charge in [-0.05, 0) is 28.8 Å². The molecule has 2 atom stereocenters. The molecule has 2 aliphatic rings. The maximum atomic E-state index is 14.4. The van der Waals surface area contributed by atoms with E-state index in [4.69, 9.17) is 4.74 Å². The van der Waals surface area contributed by atoms with Gasteiger partial charge in [0.05, 0.1) is 13.7 Å². The zero-order valence-corrected chi connectivity index (χ0v) is 22.9. The van der Waals surface area contributed by atoms with Crippen molar-refractivity contribution in [3.63, 3.8) is 0 Å². The van der Waals surface area contributed by atoms with Gasteiger partial charge in [-0.1, -0.05) is 97.1 Å². The van der Waals surface area contributed by atoms with Crippen LogP contribution < -0.4 is 4.74 Å². The van der Waals surface area contributed by atoms with Gasteiger partial charge in [-0.15, -0.1) is 0 Å². The Kier molecular flexibility index (Phi) is 6.31. The quantitative estimate of drug-likeness (QED) is 0.300. The van der Waals surface area contributed by atoms with E-state index in [9.17, 15) is 9.59 Å². The van der Waals surface area contributed by atoms with E-state index < -0.39 is 12.1 Å². The fourth-order valence-corrected chi connectivity index (χ4v) is 6.69. The molecule has 41 heavy (non-hydrogen) atoms. The number of rotatable bonds is 6. The maximum absolute atomic E-state index is 14.4. The van der Waals surface area contributed by atoms with E-state index in [2.05, 4.69) is 35.3 Å². The summed E-state index contributed by atoms with van der Waals surface area (Å²) in [6.45, 7) is 0.468. The highest BCUT2D eigenvalue weighted by Gasteiger charge is 2.49. The number of hydrogen-bond donors (Lipinski definition) is 1. The molecule has 0 radical (unpaired) electrons. The fraction of sp³-hybridized carbons (Fsp3) is 0.200. The number of carbonyl (C=O) groups is 2. The molecule has 3 heterocycles. The van der Waals surface area contributed by atoms with Crippen molar-refractivity contribution in [2.24, 2.45) is 0 Å². The van der Waals surface area contributed by atoms with Crippen LogP contribution in [0.5, 0.6) is 5.75 Å². The predicted molar refractivity (Wildman–Crippen MR) is 159 cm³/mol. The molecule has 4 aromatic carbocycles. The lowest BCUT2D eigenvalue weighted by atomic mass is 9.85. The lowest BCUT2D eigenvalue weighted by molar-refractivity contribution is -0.158. The molecule has 7 rings (SSSR count). The molecule has 2 aliphatic heterocycles. The molecule has 1 saturated heterocycles. The number of methoxy groups -OCH3 is 1. The van der Waals surface area contributed by atoms with Crippen LogP contribution in [-0.4, -0.2) is 52.8 Å². The number of aromatic amines is 1. The topological polar surface area (TPSA) is 65.6 Å². The van der Waals surface area contributed by atoms with Gasteiger partial charge in [0.15, 0.2) is 0 Å². The molecule has 204 valence electrons. The third kappa shape index (κ3) is 4.27. The fourth-order valence-electron chi connectivity index (χ4n) is 6.69. The third-order valence-electron chi connectivity index (χ3n) is 8.58. The molecule has 5 aromatic rings. The number of piperazine rings is 1. The van der Waals surface area contributed by atoms with Gasteiger partial charge in [-0.3, -0.25) is 9.59 Å². The standard InChI is InChI=1S/C35H31N3O3/c1-41-31-19-11-9-17-26(31)34-33-27(25-16-8-10-18-29(25)36-33)20-30-35(40)37(22-32(39)38(30)34)21-28(23-12-4-2-5-13-23)24-14-6-3-7-15-24/h2-19,28,30,34,36H,20-22H2,1H3/t30-,34+/m0/s1. The monoisotopic (exact) mass is 541 g/mol. The molecule has 0 bridgehead atoms. The summed E-state index contributed by atoms with van der Waals surface area (Å²) in [5, 5.41) is 1.09. The van der Waals surface area contributed by atoms with Gasteiger partial charge in [0.25, 0.3) is 0 Å². The summed E-state index contributed by atoms with van der Waals surface area (Å²) in [5.41, 5.74) is 6.15. The van der Waals surface area contributed by atoms with Gasteiger partial charge < -0.3 is 19.5 Å². The van der Waals surface area contributed by atoms with E-state index in [1.807, 2.05) is 78.9 Å². The van der Waals surface area contributed by atoms with Gasteiger partial charge in [0, 0.05) is 41.0 Å². The second kappa shape index (κ2) is 10.3. The number of benzene rings is 4. The Hall–Kier alpha value is -4.84. The number of ether oxygens (including phenoxy) is 1. The highest BCUT2D eigenvalue weighted by atomic mass is 16.5. The Labute approximate surface area is 239 Å². The Morgan fingerprint density at radius 2 is 1.46 bits per heavy atom. The summed E-state index contributed by atoms with van der Waals surface area (Å²) in [6, 6.07) is 35.3. The summed E-state index contributed by atoms with van der Waals surface area (Å²) in [6.07, 6.45) is 0.466. The summed E-state index contributed by atoms with van der Waals surface area (Å²) in [7, 11) is 1.64. The van der Waals surface area contributed by atoms with Crippen LogP contribution in [0.25, 0.3) is 10.9 Å². The van der Waals surface area contributed by atoms with Crippen molar-refractivity contribution in [2.45, 2.75) is 24.4 Å². The second-order valence-electron chi connectivity index (χ2n) is 10.8. The molecular formula is C35H31N3O3. The largest absolute Gasteiger partial charge is 0.496 e. The lowest BCUT2D eigenvalue weighted by Crippen LogP contribution is -2.63. The first-order chi connectivity index (χ1) is 20.1. The Morgan fingerprint density at radius 1 is 0.829 bits per heavy atom. The molecule has 0 spiro atoms.